The van der Waals surface area contributed by atoms with Crippen LogP contribution in [0.2, 0.25) is 0 Å². The van der Waals surface area contributed by atoms with Crippen LogP contribution >= 0.6 is 0 Å². The highest BCUT2D eigenvalue weighted by Gasteiger charge is 2.18. The first-order chi connectivity index (χ1) is 15.4. The Balaban J connectivity index is 1.66. The Morgan fingerprint density at radius 3 is 2.88 bits per heavy atom. The molecule has 162 valence electrons. The van der Waals surface area contributed by atoms with Crippen molar-refractivity contribution < 1.29 is 23.6 Å². The molecule has 0 unspecified atom stereocenters. The third-order valence-corrected chi connectivity index (χ3v) is 4.82. The van der Waals surface area contributed by atoms with Gasteiger partial charge in [-0.3, -0.25) is 4.79 Å². The van der Waals surface area contributed by atoms with Gasteiger partial charge in [-0.05, 0) is 56.2 Å². The molecule has 0 aliphatic heterocycles. The molecule has 0 radical (unpaired) electrons. The van der Waals surface area contributed by atoms with E-state index >= 15 is 0 Å². The van der Waals surface area contributed by atoms with Crippen molar-refractivity contribution in [3.8, 4) is 28.6 Å². The molecule has 0 aliphatic rings. The summed E-state index contributed by atoms with van der Waals surface area (Å²) >= 11 is 0. The Morgan fingerprint density at radius 2 is 2.16 bits per heavy atom. The van der Waals surface area contributed by atoms with Gasteiger partial charge in [0.25, 0.3) is 5.89 Å². The van der Waals surface area contributed by atoms with E-state index in [0.717, 1.165) is 5.56 Å². The van der Waals surface area contributed by atoms with Gasteiger partial charge in [0.15, 0.2) is 0 Å². The molecule has 0 fully saturated rings. The van der Waals surface area contributed by atoms with Crippen molar-refractivity contribution in [1.29, 1.82) is 0 Å². The number of rotatable bonds is 7. The first-order valence-electron chi connectivity index (χ1n) is 9.89. The summed E-state index contributed by atoms with van der Waals surface area (Å²) in [6.07, 6.45) is 1.84. The number of carboxylic acid groups (broad SMARTS) is 1. The largest absolute Gasteiger partial charge is 0.502 e. The van der Waals surface area contributed by atoms with Gasteiger partial charge in [-0.2, -0.15) is 4.98 Å². The van der Waals surface area contributed by atoms with Crippen LogP contribution in [0.5, 0.6) is 5.75 Å². The molecule has 0 bridgehead atoms. The zero-order valence-electron chi connectivity index (χ0n) is 17.3. The fourth-order valence-electron chi connectivity index (χ4n) is 3.36. The van der Waals surface area contributed by atoms with Crippen molar-refractivity contribution in [2.75, 3.05) is 0 Å². The average Bonchev–Trinajstić information content (AvgIpc) is 3.38. The number of hydrogen-bond donors (Lipinski definition) is 2. The van der Waals surface area contributed by atoms with E-state index in [4.69, 9.17) is 20.9 Å². The number of carbonyl (C=O) groups is 1. The highest BCUT2D eigenvalue weighted by molar-refractivity contribution is 5.87. The van der Waals surface area contributed by atoms with Crippen LogP contribution in [0.15, 0.2) is 41.1 Å². The second-order valence-electron chi connectivity index (χ2n) is 7.47. The first kappa shape index (κ1) is 21.1. The standard InChI is InChI=1S/C23H19FN4O4/c1-12(2)31-20-6-4-13(8-19(20)25-3)23-27-22(28-32-23)16-10-18-15(9-17(16)24)14(11-26-18)5-7-21(29)30/h4,6,8-12,26H,5,7H2,1-2H3,(H,29,30). The summed E-state index contributed by atoms with van der Waals surface area (Å²) in [7, 11) is 0. The van der Waals surface area contributed by atoms with Gasteiger partial charge in [0, 0.05) is 29.1 Å². The number of fused-ring (bicyclic) bond motifs is 1. The monoisotopic (exact) mass is 434 g/mol. The topological polar surface area (TPSA) is 106 Å². The molecule has 8 nitrogen and oxygen atoms in total. The van der Waals surface area contributed by atoms with Crippen LogP contribution in [0, 0.1) is 12.4 Å². The zero-order chi connectivity index (χ0) is 22.8. The molecule has 0 saturated heterocycles. The Bertz CT molecular complexity index is 1350. The highest BCUT2D eigenvalue weighted by Crippen LogP contribution is 2.34. The number of ether oxygens (including phenoxy) is 1. The number of aromatic amines is 1. The minimum Gasteiger partial charge on any atom is -0.502 e. The van der Waals surface area contributed by atoms with Crippen molar-refractivity contribution in [2.45, 2.75) is 32.8 Å². The van der Waals surface area contributed by atoms with Crippen LogP contribution in [-0.2, 0) is 11.2 Å². The van der Waals surface area contributed by atoms with E-state index in [1.165, 1.54) is 6.07 Å². The second-order valence-corrected chi connectivity index (χ2v) is 7.47. The number of nitrogens with one attached hydrogen (secondary N) is 1. The molecule has 4 aromatic rings. The van der Waals surface area contributed by atoms with E-state index < -0.39 is 11.8 Å². The summed E-state index contributed by atoms with van der Waals surface area (Å²) in [5.41, 5.74) is 2.33. The molecule has 4 rings (SSSR count). The number of aromatic nitrogens is 3. The third-order valence-electron chi connectivity index (χ3n) is 4.82. The van der Waals surface area contributed by atoms with E-state index in [1.54, 1.807) is 30.5 Å². The molecule has 2 heterocycles. The van der Waals surface area contributed by atoms with Gasteiger partial charge in [0.05, 0.1) is 18.2 Å². The molecule has 32 heavy (non-hydrogen) atoms. The van der Waals surface area contributed by atoms with Gasteiger partial charge >= 0.3 is 5.97 Å². The number of H-pyrrole nitrogens is 1. The molecule has 0 aliphatic carbocycles. The van der Waals surface area contributed by atoms with Gasteiger partial charge < -0.3 is 19.4 Å². The van der Waals surface area contributed by atoms with Gasteiger partial charge in [0.1, 0.15) is 11.6 Å². The molecular formula is C23H19FN4O4. The summed E-state index contributed by atoms with van der Waals surface area (Å²) in [6, 6.07) is 7.85. The maximum absolute atomic E-state index is 14.9. The highest BCUT2D eigenvalue weighted by atomic mass is 19.1. The summed E-state index contributed by atoms with van der Waals surface area (Å²) in [4.78, 5) is 21.6. The normalized spacial score (nSPS) is 11.1. The Hall–Kier alpha value is -4.19. The molecule has 0 atom stereocenters. The summed E-state index contributed by atoms with van der Waals surface area (Å²) in [5, 5.41) is 13.4. The van der Waals surface area contributed by atoms with E-state index in [1.807, 2.05) is 13.8 Å². The number of nitrogens with zero attached hydrogens (tertiary/aromatic N) is 3. The van der Waals surface area contributed by atoms with Crippen molar-refractivity contribution in [1.82, 2.24) is 15.1 Å². The van der Waals surface area contributed by atoms with E-state index in [-0.39, 0.29) is 29.8 Å². The van der Waals surface area contributed by atoms with Crippen molar-refractivity contribution in [3.63, 3.8) is 0 Å². The molecule has 0 amide bonds. The van der Waals surface area contributed by atoms with Gasteiger partial charge in [-0.15, -0.1) is 0 Å². The van der Waals surface area contributed by atoms with E-state index in [2.05, 4.69) is 20.0 Å². The maximum atomic E-state index is 14.9. The molecule has 9 heteroatoms. The lowest BCUT2D eigenvalue weighted by Crippen LogP contribution is -2.05. The number of halogens is 1. The van der Waals surface area contributed by atoms with Crippen molar-refractivity contribution >= 4 is 22.6 Å². The Labute approximate surface area is 182 Å². The number of hydrogen-bond acceptors (Lipinski definition) is 5. The number of aliphatic carboxylic acids is 1. The molecule has 0 saturated carbocycles. The number of aryl methyl sites for hydroxylation is 1. The van der Waals surface area contributed by atoms with E-state index in [9.17, 15) is 9.18 Å². The maximum Gasteiger partial charge on any atom is 0.303 e. The summed E-state index contributed by atoms with van der Waals surface area (Å²) in [5.74, 6) is -0.799. The van der Waals surface area contributed by atoms with Gasteiger partial charge in [0.2, 0.25) is 11.5 Å². The number of carboxylic acids is 1. The number of benzene rings is 2. The van der Waals surface area contributed by atoms with Crippen molar-refractivity contribution in [3.05, 3.63) is 59.3 Å². The predicted octanol–water partition coefficient (Wildman–Crippen LogP) is 5.38. The lowest BCUT2D eigenvalue weighted by Gasteiger charge is -2.11. The third kappa shape index (κ3) is 4.16. The van der Waals surface area contributed by atoms with Crippen LogP contribution in [0.25, 0.3) is 38.6 Å². The second kappa shape index (κ2) is 8.51. The van der Waals surface area contributed by atoms with Crippen LogP contribution in [0.3, 0.4) is 0 Å². The Morgan fingerprint density at radius 1 is 1.34 bits per heavy atom. The molecule has 2 N–H and O–H groups in total. The minimum absolute atomic E-state index is 0.0435. The van der Waals surface area contributed by atoms with Crippen LogP contribution < -0.4 is 4.74 Å². The van der Waals surface area contributed by atoms with Crippen molar-refractivity contribution in [2.24, 2.45) is 0 Å². The van der Waals surface area contributed by atoms with Crippen LogP contribution in [0.1, 0.15) is 25.8 Å². The van der Waals surface area contributed by atoms with Gasteiger partial charge in [-0.25, -0.2) is 9.24 Å². The minimum atomic E-state index is -0.916. The first-order valence-corrected chi connectivity index (χ1v) is 9.89. The molecule has 0 spiro atoms. The van der Waals surface area contributed by atoms with E-state index in [0.29, 0.717) is 34.3 Å². The van der Waals surface area contributed by atoms with Gasteiger partial charge in [-0.1, -0.05) is 5.16 Å². The summed E-state index contributed by atoms with van der Waals surface area (Å²) in [6.45, 7) is 11.1. The molecular weight excluding hydrogens is 415 g/mol. The quantitative estimate of drug-likeness (QED) is 0.378. The van der Waals surface area contributed by atoms with Crippen LogP contribution in [0.4, 0.5) is 10.1 Å². The SMILES string of the molecule is [C-]#[N+]c1cc(-c2nc(-c3cc4[nH]cc(CCC(=O)O)c4cc3F)no2)ccc1OC(C)C. The zero-order valence-corrected chi connectivity index (χ0v) is 17.3. The lowest BCUT2D eigenvalue weighted by molar-refractivity contribution is -0.136. The fourth-order valence-corrected chi connectivity index (χ4v) is 3.36. The predicted molar refractivity (Wildman–Crippen MR) is 115 cm³/mol. The molecule has 2 aromatic heterocycles. The lowest BCUT2D eigenvalue weighted by atomic mass is 10.1. The average molecular weight is 434 g/mol. The Kier molecular flexibility index (Phi) is 5.60. The summed E-state index contributed by atoms with van der Waals surface area (Å²) < 4.78 is 25.8. The fraction of sp³-hybridized carbons (Fsp3) is 0.217. The smallest absolute Gasteiger partial charge is 0.303 e. The molecule has 2 aromatic carbocycles. The van der Waals surface area contributed by atoms with Crippen LogP contribution in [-0.4, -0.2) is 32.3 Å².